The zero-order valence-corrected chi connectivity index (χ0v) is 9.74. The Morgan fingerprint density at radius 3 is 2.69 bits per heavy atom. The van der Waals surface area contributed by atoms with Crippen molar-refractivity contribution in [1.82, 2.24) is 4.57 Å². The van der Waals surface area contributed by atoms with Gasteiger partial charge >= 0.3 is 5.97 Å². The number of carboxylic acids is 1. The Labute approximate surface area is 94.3 Å². The van der Waals surface area contributed by atoms with Crippen molar-refractivity contribution >= 4 is 16.9 Å². The molecule has 0 aliphatic rings. The number of nitrogens with zero attached hydrogens (tertiary/aromatic N) is 1. The van der Waals surface area contributed by atoms with Crippen molar-refractivity contribution in [2.24, 2.45) is 7.05 Å². The van der Waals surface area contributed by atoms with E-state index in [-0.39, 0.29) is 0 Å². The Bertz CT molecular complexity index is 567. The van der Waals surface area contributed by atoms with E-state index >= 15 is 0 Å². The fourth-order valence-corrected chi connectivity index (χ4v) is 2.39. The van der Waals surface area contributed by atoms with E-state index in [0.29, 0.717) is 5.69 Å². The smallest absolute Gasteiger partial charge is 0.352 e. The van der Waals surface area contributed by atoms with Gasteiger partial charge in [-0.1, -0.05) is 19.1 Å². The number of benzene rings is 1. The van der Waals surface area contributed by atoms with Gasteiger partial charge in [-0.05, 0) is 30.5 Å². The molecule has 0 saturated heterocycles. The third-order valence-corrected chi connectivity index (χ3v) is 3.14. The molecule has 2 aromatic rings. The zero-order chi connectivity index (χ0) is 11.9. The predicted octanol–water partition coefficient (Wildman–Crippen LogP) is 2.75. The summed E-state index contributed by atoms with van der Waals surface area (Å²) in [7, 11) is 1.80. The Hall–Kier alpha value is -1.77. The lowest BCUT2D eigenvalue weighted by molar-refractivity contribution is 0.0686. The van der Waals surface area contributed by atoms with Crippen LogP contribution in [-0.2, 0) is 13.5 Å². The molecule has 0 atom stereocenters. The quantitative estimate of drug-likeness (QED) is 0.840. The van der Waals surface area contributed by atoms with Gasteiger partial charge in [-0.3, -0.25) is 0 Å². The molecule has 0 aliphatic carbocycles. The standard InChI is InChI=1S/C13H15NO2/c1-4-9-6-5-7-10-11(9)8(2)12(13(15)16)14(10)3/h5-7H,4H2,1-3H3,(H,15,16). The molecule has 0 spiro atoms. The molecule has 0 aliphatic heterocycles. The average Bonchev–Trinajstić information content (AvgIpc) is 2.51. The SMILES string of the molecule is CCc1cccc2c1c(C)c(C(=O)O)n2C. The maximum atomic E-state index is 11.2. The van der Waals surface area contributed by atoms with Gasteiger partial charge in [-0.25, -0.2) is 4.79 Å². The molecule has 1 aromatic heterocycles. The lowest BCUT2D eigenvalue weighted by atomic mass is 10.0. The second kappa shape index (κ2) is 3.67. The van der Waals surface area contributed by atoms with Crippen LogP contribution in [0.15, 0.2) is 18.2 Å². The van der Waals surface area contributed by atoms with E-state index in [1.165, 1.54) is 5.56 Å². The molecule has 1 heterocycles. The van der Waals surface area contributed by atoms with Crippen molar-refractivity contribution in [3.63, 3.8) is 0 Å². The van der Waals surface area contributed by atoms with Crippen molar-refractivity contribution in [3.8, 4) is 0 Å². The van der Waals surface area contributed by atoms with Gasteiger partial charge in [0, 0.05) is 18.0 Å². The monoisotopic (exact) mass is 217 g/mol. The fraction of sp³-hybridized carbons (Fsp3) is 0.308. The maximum absolute atomic E-state index is 11.2. The van der Waals surface area contributed by atoms with Gasteiger partial charge < -0.3 is 9.67 Å². The molecule has 84 valence electrons. The number of aromatic nitrogens is 1. The number of carboxylic acid groups (broad SMARTS) is 1. The highest BCUT2D eigenvalue weighted by Crippen LogP contribution is 2.28. The van der Waals surface area contributed by atoms with Crippen LogP contribution in [0.2, 0.25) is 0 Å². The molecular weight excluding hydrogens is 202 g/mol. The first-order valence-electron chi connectivity index (χ1n) is 5.38. The number of aryl methyl sites for hydroxylation is 3. The van der Waals surface area contributed by atoms with E-state index < -0.39 is 5.97 Å². The first kappa shape index (κ1) is 10.7. The van der Waals surface area contributed by atoms with E-state index in [4.69, 9.17) is 0 Å². The Kier molecular flexibility index (Phi) is 2.46. The summed E-state index contributed by atoms with van der Waals surface area (Å²) in [6.07, 6.45) is 0.918. The van der Waals surface area contributed by atoms with E-state index in [0.717, 1.165) is 22.9 Å². The summed E-state index contributed by atoms with van der Waals surface area (Å²) >= 11 is 0. The molecule has 3 heteroatoms. The van der Waals surface area contributed by atoms with Crippen molar-refractivity contribution in [2.75, 3.05) is 0 Å². The average molecular weight is 217 g/mol. The normalized spacial score (nSPS) is 10.9. The highest BCUT2D eigenvalue weighted by Gasteiger charge is 2.18. The molecule has 3 nitrogen and oxygen atoms in total. The first-order chi connectivity index (χ1) is 7.57. The number of carbonyl (C=O) groups is 1. The van der Waals surface area contributed by atoms with Crippen LogP contribution in [0.1, 0.15) is 28.5 Å². The summed E-state index contributed by atoms with van der Waals surface area (Å²) in [6.45, 7) is 3.96. The Morgan fingerprint density at radius 1 is 1.44 bits per heavy atom. The molecule has 0 unspecified atom stereocenters. The largest absolute Gasteiger partial charge is 0.477 e. The third kappa shape index (κ3) is 1.32. The minimum absolute atomic E-state index is 0.385. The van der Waals surface area contributed by atoms with Crippen LogP contribution >= 0.6 is 0 Å². The van der Waals surface area contributed by atoms with Crippen molar-refractivity contribution < 1.29 is 9.90 Å². The minimum atomic E-state index is -0.863. The third-order valence-electron chi connectivity index (χ3n) is 3.14. The van der Waals surface area contributed by atoms with Gasteiger partial charge in [0.25, 0.3) is 0 Å². The van der Waals surface area contributed by atoms with E-state index in [1.54, 1.807) is 11.6 Å². The summed E-state index contributed by atoms with van der Waals surface area (Å²) in [6, 6.07) is 6.00. The highest BCUT2D eigenvalue weighted by atomic mass is 16.4. The van der Waals surface area contributed by atoms with Crippen LogP contribution in [0, 0.1) is 6.92 Å². The second-order valence-corrected chi connectivity index (χ2v) is 4.00. The van der Waals surface area contributed by atoms with E-state index in [9.17, 15) is 9.90 Å². The number of hydrogen-bond donors (Lipinski definition) is 1. The summed E-state index contributed by atoms with van der Waals surface area (Å²) < 4.78 is 1.76. The topological polar surface area (TPSA) is 42.2 Å². The molecule has 0 bridgehead atoms. The number of hydrogen-bond acceptors (Lipinski definition) is 1. The molecule has 0 radical (unpaired) electrons. The molecule has 16 heavy (non-hydrogen) atoms. The van der Waals surface area contributed by atoms with E-state index in [2.05, 4.69) is 13.0 Å². The molecule has 1 aromatic carbocycles. The molecule has 0 fully saturated rings. The highest BCUT2D eigenvalue weighted by molar-refractivity contribution is 5.99. The van der Waals surface area contributed by atoms with E-state index in [1.807, 2.05) is 19.1 Å². The minimum Gasteiger partial charge on any atom is -0.477 e. The summed E-state index contributed by atoms with van der Waals surface area (Å²) in [4.78, 5) is 11.2. The van der Waals surface area contributed by atoms with Crippen LogP contribution in [0.4, 0.5) is 0 Å². The molecule has 1 N–H and O–H groups in total. The number of aromatic carboxylic acids is 1. The van der Waals surface area contributed by atoms with Crippen LogP contribution in [0.25, 0.3) is 10.9 Å². The van der Waals surface area contributed by atoms with Crippen LogP contribution < -0.4 is 0 Å². The van der Waals surface area contributed by atoms with Crippen molar-refractivity contribution in [1.29, 1.82) is 0 Å². The lowest BCUT2D eigenvalue weighted by Crippen LogP contribution is -2.05. The lowest BCUT2D eigenvalue weighted by Gasteiger charge is -2.01. The first-order valence-corrected chi connectivity index (χ1v) is 5.38. The molecule has 0 amide bonds. The molecular formula is C13H15NO2. The van der Waals surface area contributed by atoms with Crippen LogP contribution in [0.3, 0.4) is 0 Å². The number of rotatable bonds is 2. The molecule has 0 saturated carbocycles. The summed E-state index contributed by atoms with van der Waals surface area (Å²) in [5.41, 5.74) is 3.45. The van der Waals surface area contributed by atoms with Gasteiger partial charge in [0.15, 0.2) is 0 Å². The predicted molar refractivity (Wildman–Crippen MR) is 64.0 cm³/mol. The summed E-state index contributed by atoms with van der Waals surface area (Å²) in [5.74, 6) is -0.863. The molecule has 2 rings (SSSR count). The number of fused-ring (bicyclic) bond motifs is 1. The van der Waals surface area contributed by atoms with Crippen LogP contribution in [0.5, 0.6) is 0 Å². The summed E-state index contributed by atoms with van der Waals surface area (Å²) in [5, 5.41) is 10.3. The Balaban J connectivity index is 2.93. The van der Waals surface area contributed by atoms with Gasteiger partial charge in [-0.2, -0.15) is 0 Å². The fourth-order valence-electron chi connectivity index (χ4n) is 2.39. The van der Waals surface area contributed by atoms with Crippen LogP contribution in [-0.4, -0.2) is 15.6 Å². The zero-order valence-electron chi connectivity index (χ0n) is 9.74. The van der Waals surface area contributed by atoms with Gasteiger partial charge in [0.1, 0.15) is 5.69 Å². The second-order valence-electron chi connectivity index (χ2n) is 4.00. The van der Waals surface area contributed by atoms with Gasteiger partial charge in [0.2, 0.25) is 0 Å². The maximum Gasteiger partial charge on any atom is 0.352 e. The van der Waals surface area contributed by atoms with Crippen molar-refractivity contribution in [2.45, 2.75) is 20.3 Å². The van der Waals surface area contributed by atoms with Gasteiger partial charge in [0.05, 0.1) is 0 Å². The van der Waals surface area contributed by atoms with Gasteiger partial charge in [-0.15, -0.1) is 0 Å². The Morgan fingerprint density at radius 2 is 2.12 bits per heavy atom. The van der Waals surface area contributed by atoms with Crippen molar-refractivity contribution in [3.05, 3.63) is 35.0 Å².